The third kappa shape index (κ3) is 3.81. The predicted molar refractivity (Wildman–Crippen MR) is 104 cm³/mol. The number of furan rings is 1. The van der Waals surface area contributed by atoms with Crippen LogP contribution in [0.2, 0.25) is 0 Å². The molecule has 1 aromatic heterocycles. The van der Waals surface area contributed by atoms with Crippen LogP contribution in [0.15, 0.2) is 53.1 Å². The lowest BCUT2D eigenvalue weighted by atomic mass is 9.69. The van der Waals surface area contributed by atoms with Crippen molar-refractivity contribution < 1.29 is 9.21 Å². The van der Waals surface area contributed by atoms with Crippen LogP contribution in [0.5, 0.6) is 0 Å². The Morgan fingerprint density at radius 1 is 1.19 bits per heavy atom. The number of rotatable bonds is 7. The van der Waals surface area contributed by atoms with Gasteiger partial charge in [-0.15, -0.1) is 12.4 Å². The van der Waals surface area contributed by atoms with Gasteiger partial charge in [-0.05, 0) is 49.8 Å². The number of hydrogen-bond donors (Lipinski definition) is 2. The Kier molecular flexibility index (Phi) is 6.05. The van der Waals surface area contributed by atoms with Gasteiger partial charge in [0.1, 0.15) is 5.76 Å². The molecule has 4 nitrogen and oxygen atoms in total. The topological polar surface area (TPSA) is 54.3 Å². The van der Waals surface area contributed by atoms with E-state index in [1.165, 1.54) is 12.0 Å². The van der Waals surface area contributed by atoms with Gasteiger partial charge in [-0.1, -0.05) is 30.3 Å². The molecule has 0 saturated carbocycles. The second kappa shape index (κ2) is 8.28. The number of amides is 1. The Balaban J connectivity index is 0.00000196. The van der Waals surface area contributed by atoms with Crippen molar-refractivity contribution in [2.24, 2.45) is 5.41 Å². The van der Waals surface area contributed by atoms with Crippen molar-refractivity contribution in [1.82, 2.24) is 10.6 Å². The van der Waals surface area contributed by atoms with Gasteiger partial charge in [-0.2, -0.15) is 0 Å². The minimum Gasteiger partial charge on any atom is -0.469 e. The first kappa shape index (κ1) is 19.0. The third-order valence-electron chi connectivity index (χ3n) is 5.80. The van der Waals surface area contributed by atoms with Gasteiger partial charge in [0.2, 0.25) is 5.91 Å². The predicted octanol–water partition coefficient (Wildman–Crippen LogP) is 3.50. The molecule has 0 radical (unpaired) electrons. The normalized spacial score (nSPS) is 26.5. The maximum atomic E-state index is 13.1. The summed E-state index contributed by atoms with van der Waals surface area (Å²) < 4.78 is 5.36. The lowest BCUT2D eigenvalue weighted by Crippen LogP contribution is -2.50. The van der Waals surface area contributed by atoms with Crippen molar-refractivity contribution in [3.8, 4) is 0 Å². The largest absolute Gasteiger partial charge is 0.469 e. The molecule has 2 saturated heterocycles. The second-order valence-corrected chi connectivity index (χ2v) is 7.45. The van der Waals surface area contributed by atoms with Gasteiger partial charge < -0.3 is 15.1 Å². The van der Waals surface area contributed by atoms with E-state index in [0.717, 1.165) is 37.9 Å². The Hall–Kier alpha value is -1.78. The van der Waals surface area contributed by atoms with Crippen molar-refractivity contribution in [3.63, 3.8) is 0 Å². The summed E-state index contributed by atoms with van der Waals surface area (Å²) in [4.78, 5) is 13.1. The minimum atomic E-state index is -0.297. The lowest BCUT2D eigenvalue weighted by Gasteiger charge is -2.35. The van der Waals surface area contributed by atoms with E-state index in [4.69, 9.17) is 4.42 Å². The van der Waals surface area contributed by atoms with Crippen LogP contribution in [0, 0.1) is 5.41 Å². The highest BCUT2D eigenvalue weighted by Gasteiger charge is 2.55. The fourth-order valence-electron chi connectivity index (χ4n) is 4.58. The number of hydrogen-bond acceptors (Lipinski definition) is 3. The molecule has 2 aliphatic heterocycles. The first-order valence-corrected chi connectivity index (χ1v) is 9.37. The molecular weight excluding hydrogens is 348 g/mol. The number of carbonyl (C=O) groups excluding carboxylic acids is 1. The molecule has 140 valence electrons. The highest BCUT2D eigenvalue weighted by Crippen LogP contribution is 2.45. The van der Waals surface area contributed by atoms with Crippen LogP contribution in [0.25, 0.3) is 0 Å². The maximum Gasteiger partial charge on any atom is 0.228 e. The molecule has 0 spiro atoms. The monoisotopic (exact) mass is 374 g/mol. The van der Waals surface area contributed by atoms with Crippen molar-refractivity contribution in [1.29, 1.82) is 0 Å². The van der Waals surface area contributed by atoms with Gasteiger partial charge in [0.15, 0.2) is 0 Å². The zero-order valence-corrected chi connectivity index (χ0v) is 15.8. The number of halogens is 1. The summed E-state index contributed by atoms with van der Waals surface area (Å²) in [5, 5.41) is 6.87. The van der Waals surface area contributed by atoms with Gasteiger partial charge in [0.05, 0.1) is 11.7 Å². The lowest BCUT2D eigenvalue weighted by molar-refractivity contribution is -0.132. The van der Waals surface area contributed by atoms with E-state index in [0.29, 0.717) is 18.6 Å². The first-order valence-electron chi connectivity index (χ1n) is 9.37. The van der Waals surface area contributed by atoms with E-state index in [9.17, 15) is 4.79 Å². The highest BCUT2D eigenvalue weighted by atomic mass is 35.5. The van der Waals surface area contributed by atoms with E-state index in [1.807, 2.05) is 18.2 Å². The average molecular weight is 375 g/mol. The summed E-state index contributed by atoms with van der Waals surface area (Å²) in [6.07, 6.45) is 7.56. The third-order valence-corrected chi connectivity index (χ3v) is 5.80. The van der Waals surface area contributed by atoms with Crippen LogP contribution >= 0.6 is 12.4 Å². The molecule has 3 atom stereocenters. The molecule has 1 amide bonds. The summed E-state index contributed by atoms with van der Waals surface area (Å²) in [7, 11) is 0. The number of aryl methyl sites for hydroxylation is 1. The molecule has 0 aliphatic carbocycles. The Bertz CT molecular complexity index is 704. The fraction of sp³-hybridized carbons (Fsp3) is 0.476. The van der Waals surface area contributed by atoms with Crippen molar-refractivity contribution in [2.75, 3.05) is 6.54 Å². The zero-order chi connectivity index (χ0) is 17.1. The molecule has 0 unspecified atom stereocenters. The van der Waals surface area contributed by atoms with Crippen LogP contribution in [-0.2, 0) is 17.6 Å². The molecule has 26 heavy (non-hydrogen) atoms. The van der Waals surface area contributed by atoms with Gasteiger partial charge in [0, 0.05) is 25.0 Å². The van der Waals surface area contributed by atoms with Crippen molar-refractivity contribution in [2.45, 2.75) is 50.6 Å². The summed E-state index contributed by atoms with van der Waals surface area (Å²) in [6, 6.07) is 15.1. The Labute approximate surface area is 161 Å². The second-order valence-electron chi connectivity index (χ2n) is 7.45. The fourth-order valence-corrected chi connectivity index (χ4v) is 4.58. The van der Waals surface area contributed by atoms with Crippen LogP contribution in [-0.4, -0.2) is 24.5 Å². The van der Waals surface area contributed by atoms with Gasteiger partial charge in [-0.3, -0.25) is 4.79 Å². The van der Waals surface area contributed by atoms with Crippen LogP contribution in [0.4, 0.5) is 0 Å². The molecular formula is C21H27ClN2O2. The van der Waals surface area contributed by atoms with Crippen LogP contribution in [0.1, 0.15) is 37.0 Å². The molecule has 1 aromatic carbocycles. The summed E-state index contributed by atoms with van der Waals surface area (Å²) in [6.45, 7) is 0.702. The first-order chi connectivity index (χ1) is 12.3. The molecule has 2 N–H and O–H groups in total. The number of benzene rings is 1. The van der Waals surface area contributed by atoms with E-state index in [-0.39, 0.29) is 23.7 Å². The molecule has 3 heterocycles. The zero-order valence-electron chi connectivity index (χ0n) is 14.9. The van der Waals surface area contributed by atoms with Gasteiger partial charge in [-0.25, -0.2) is 0 Å². The average Bonchev–Trinajstić information content (AvgIpc) is 3.37. The van der Waals surface area contributed by atoms with Crippen LogP contribution in [0.3, 0.4) is 0 Å². The highest BCUT2D eigenvalue weighted by molar-refractivity contribution is 5.85. The number of nitrogens with one attached hydrogen (secondary N) is 2. The molecule has 2 bridgehead atoms. The summed E-state index contributed by atoms with van der Waals surface area (Å²) in [5.41, 5.74) is 0.956. The molecule has 2 aromatic rings. The van der Waals surface area contributed by atoms with Gasteiger partial charge >= 0.3 is 0 Å². The smallest absolute Gasteiger partial charge is 0.228 e. The summed E-state index contributed by atoms with van der Waals surface area (Å²) in [5.74, 6) is 1.20. The molecule has 2 aliphatic rings. The standard InChI is InChI=1S/C21H26N2O2.ClH/c24-20(22-12-4-8-18-9-5-13-25-18)21(14-16-6-2-1-3-7-16)15-17-10-11-19(21)23-17;/h1-3,5-7,9,13,17,19,23H,4,8,10-12,14-15H2,(H,22,24);1H/t17-,19+,21+;/m0./s1. The van der Waals surface area contributed by atoms with Gasteiger partial charge in [0.25, 0.3) is 0 Å². The quantitative estimate of drug-likeness (QED) is 0.729. The van der Waals surface area contributed by atoms with Crippen molar-refractivity contribution in [3.05, 3.63) is 60.1 Å². The van der Waals surface area contributed by atoms with E-state index >= 15 is 0 Å². The Morgan fingerprint density at radius 2 is 2.04 bits per heavy atom. The molecule has 5 heteroatoms. The summed E-state index contributed by atoms with van der Waals surface area (Å²) >= 11 is 0. The van der Waals surface area contributed by atoms with E-state index in [1.54, 1.807) is 6.26 Å². The Morgan fingerprint density at radius 3 is 2.69 bits per heavy atom. The minimum absolute atomic E-state index is 0. The van der Waals surface area contributed by atoms with Crippen molar-refractivity contribution >= 4 is 18.3 Å². The molecule has 2 fully saturated rings. The van der Waals surface area contributed by atoms with Crippen LogP contribution < -0.4 is 10.6 Å². The maximum absolute atomic E-state index is 13.1. The molecule has 4 rings (SSSR count). The van der Waals surface area contributed by atoms with E-state index in [2.05, 4.69) is 34.9 Å². The number of fused-ring (bicyclic) bond motifs is 2. The van der Waals surface area contributed by atoms with E-state index < -0.39 is 0 Å². The number of carbonyl (C=O) groups is 1. The SMILES string of the molecule is Cl.O=C(NCCCc1ccco1)[C@]1(Cc2ccccc2)C[C@@H]2CC[C@H]1N2.